The first-order chi connectivity index (χ1) is 9.38. The predicted octanol–water partition coefficient (Wildman–Crippen LogP) is 3.76. The monoisotopic (exact) mass is 296 g/mol. The zero-order valence-electron chi connectivity index (χ0n) is 10.5. The molecule has 2 aromatic rings. The van der Waals surface area contributed by atoms with E-state index < -0.39 is 17.5 Å². The van der Waals surface area contributed by atoms with E-state index in [0.717, 1.165) is 12.1 Å². The summed E-state index contributed by atoms with van der Waals surface area (Å²) >= 11 is 5.87. The van der Waals surface area contributed by atoms with Crippen molar-refractivity contribution in [1.29, 1.82) is 0 Å². The molecule has 0 unspecified atom stereocenters. The summed E-state index contributed by atoms with van der Waals surface area (Å²) in [6.07, 6.45) is 0. The molecule has 0 heterocycles. The molecule has 104 valence electrons. The van der Waals surface area contributed by atoms with Gasteiger partial charge in [-0.15, -0.1) is 0 Å². The zero-order chi connectivity index (χ0) is 14.9. The Morgan fingerprint density at radius 3 is 2.60 bits per heavy atom. The van der Waals surface area contributed by atoms with Crippen LogP contribution in [-0.4, -0.2) is 5.91 Å². The van der Waals surface area contributed by atoms with E-state index in [2.05, 4.69) is 5.32 Å². The van der Waals surface area contributed by atoms with Crippen LogP contribution in [0.3, 0.4) is 0 Å². The van der Waals surface area contributed by atoms with Gasteiger partial charge in [-0.25, -0.2) is 8.78 Å². The van der Waals surface area contributed by atoms with Crippen LogP contribution in [0, 0.1) is 18.6 Å². The van der Waals surface area contributed by atoms with Crippen molar-refractivity contribution in [3.8, 4) is 0 Å². The summed E-state index contributed by atoms with van der Waals surface area (Å²) in [6, 6.07) is 6.28. The van der Waals surface area contributed by atoms with Gasteiger partial charge in [0.1, 0.15) is 11.6 Å². The maximum Gasteiger partial charge on any atom is 0.257 e. The normalized spacial score (nSPS) is 10.4. The number of rotatable bonds is 2. The second-order valence-corrected chi connectivity index (χ2v) is 4.68. The van der Waals surface area contributed by atoms with Crippen molar-refractivity contribution in [3.05, 3.63) is 58.1 Å². The fraction of sp³-hybridized carbons (Fsp3) is 0.0714. The van der Waals surface area contributed by atoms with Crippen molar-refractivity contribution in [1.82, 2.24) is 0 Å². The number of halogens is 3. The van der Waals surface area contributed by atoms with Crippen LogP contribution >= 0.6 is 11.6 Å². The van der Waals surface area contributed by atoms with Crippen molar-refractivity contribution in [2.45, 2.75) is 6.92 Å². The lowest BCUT2D eigenvalue weighted by Gasteiger charge is -2.09. The molecule has 0 aliphatic heterocycles. The van der Waals surface area contributed by atoms with Gasteiger partial charge in [-0.05, 0) is 36.8 Å². The maximum atomic E-state index is 13.6. The number of nitrogen functional groups attached to an aromatic ring is 1. The van der Waals surface area contributed by atoms with Crippen LogP contribution in [0.1, 0.15) is 15.9 Å². The minimum Gasteiger partial charge on any atom is -0.399 e. The van der Waals surface area contributed by atoms with Gasteiger partial charge >= 0.3 is 0 Å². The van der Waals surface area contributed by atoms with E-state index in [0.29, 0.717) is 5.69 Å². The number of benzene rings is 2. The average Bonchev–Trinajstić information content (AvgIpc) is 2.38. The zero-order valence-corrected chi connectivity index (χ0v) is 11.3. The summed E-state index contributed by atoms with van der Waals surface area (Å²) in [4.78, 5) is 12.0. The fourth-order valence-corrected chi connectivity index (χ4v) is 1.85. The van der Waals surface area contributed by atoms with E-state index in [1.807, 2.05) is 0 Å². The second-order valence-electron chi connectivity index (χ2n) is 4.27. The maximum absolute atomic E-state index is 13.6. The average molecular weight is 297 g/mol. The molecule has 0 bridgehead atoms. The van der Waals surface area contributed by atoms with Crippen LogP contribution < -0.4 is 11.1 Å². The molecule has 0 saturated heterocycles. The summed E-state index contributed by atoms with van der Waals surface area (Å²) in [5.74, 6) is -2.00. The molecule has 2 aromatic carbocycles. The minimum absolute atomic E-state index is 0.0899. The summed E-state index contributed by atoms with van der Waals surface area (Å²) in [7, 11) is 0. The molecule has 0 aliphatic carbocycles. The summed E-state index contributed by atoms with van der Waals surface area (Å²) in [5.41, 5.74) is 5.89. The number of hydrogen-bond acceptors (Lipinski definition) is 2. The van der Waals surface area contributed by atoms with Gasteiger partial charge in [0, 0.05) is 11.8 Å². The van der Waals surface area contributed by atoms with E-state index in [-0.39, 0.29) is 21.8 Å². The fourth-order valence-electron chi connectivity index (χ4n) is 1.65. The molecule has 3 nitrogen and oxygen atoms in total. The molecule has 0 atom stereocenters. The van der Waals surface area contributed by atoms with Crippen LogP contribution in [0.2, 0.25) is 5.02 Å². The van der Waals surface area contributed by atoms with Crippen molar-refractivity contribution in [3.63, 3.8) is 0 Å². The largest absolute Gasteiger partial charge is 0.399 e. The Kier molecular flexibility index (Phi) is 3.90. The molecule has 0 fully saturated rings. The minimum atomic E-state index is -0.725. The van der Waals surface area contributed by atoms with E-state index in [4.69, 9.17) is 17.3 Å². The number of carbonyl (C=O) groups is 1. The van der Waals surface area contributed by atoms with Gasteiger partial charge in [-0.1, -0.05) is 11.6 Å². The van der Waals surface area contributed by atoms with Gasteiger partial charge in [-0.2, -0.15) is 0 Å². The summed E-state index contributed by atoms with van der Waals surface area (Å²) in [6.45, 7) is 1.43. The molecule has 0 saturated carbocycles. The third-order valence-electron chi connectivity index (χ3n) is 2.73. The lowest BCUT2D eigenvalue weighted by atomic mass is 10.1. The highest BCUT2D eigenvalue weighted by Gasteiger charge is 2.14. The van der Waals surface area contributed by atoms with Crippen LogP contribution in [0.5, 0.6) is 0 Å². The SMILES string of the molecule is Cc1cc(F)c(NC(=O)c2cc(N)ccc2Cl)cc1F. The number of anilines is 2. The van der Waals surface area contributed by atoms with Crippen molar-refractivity contribution in [2.75, 3.05) is 11.1 Å². The molecule has 6 heteroatoms. The third kappa shape index (κ3) is 2.88. The Morgan fingerprint density at radius 2 is 1.90 bits per heavy atom. The van der Waals surface area contributed by atoms with E-state index in [9.17, 15) is 13.6 Å². The Morgan fingerprint density at radius 1 is 1.20 bits per heavy atom. The first-order valence-electron chi connectivity index (χ1n) is 5.70. The van der Waals surface area contributed by atoms with E-state index in [1.165, 1.54) is 25.1 Å². The molecule has 0 radical (unpaired) electrons. The van der Waals surface area contributed by atoms with Gasteiger partial charge in [0.15, 0.2) is 0 Å². The molecule has 0 aliphatic rings. The predicted molar refractivity (Wildman–Crippen MR) is 74.9 cm³/mol. The molecular formula is C14H11ClF2N2O. The Labute approximate surface area is 119 Å². The van der Waals surface area contributed by atoms with Crippen LogP contribution in [0.15, 0.2) is 30.3 Å². The highest BCUT2D eigenvalue weighted by molar-refractivity contribution is 6.34. The lowest BCUT2D eigenvalue weighted by Crippen LogP contribution is -2.14. The smallest absolute Gasteiger partial charge is 0.257 e. The van der Waals surface area contributed by atoms with Gasteiger partial charge < -0.3 is 11.1 Å². The van der Waals surface area contributed by atoms with Gasteiger partial charge in [0.05, 0.1) is 16.3 Å². The first kappa shape index (κ1) is 14.3. The Balaban J connectivity index is 2.32. The number of nitrogens with two attached hydrogens (primary N) is 1. The van der Waals surface area contributed by atoms with Crippen molar-refractivity contribution < 1.29 is 13.6 Å². The van der Waals surface area contributed by atoms with Gasteiger partial charge in [-0.3, -0.25) is 4.79 Å². The van der Waals surface area contributed by atoms with E-state index in [1.54, 1.807) is 0 Å². The summed E-state index contributed by atoms with van der Waals surface area (Å²) < 4.78 is 27.0. The molecule has 20 heavy (non-hydrogen) atoms. The molecule has 0 aromatic heterocycles. The van der Waals surface area contributed by atoms with Crippen LogP contribution in [0.25, 0.3) is 0 Å². The lowest BCUT2D eigenvalue weighted by molar-refractivity contribution is 0.102. The first-order valence-corrected chi connectivity index (χ1v) is 6.08. The highest BCUT2D eigenvalue weighted by atomic mass is 35.5. The van der Waals surface area contributed by atoms with Crippen molar-refractivity contribution >= 4 is 28.9 Å². The van der Waals surface area contributed by atoms with Crippen LogP contribution in [-0.2, 0) is 0 Å². The quantitative estimate of drug-likeness (QED) is 0.829. The van der Waals surface area contributed by atoms with Gasteiger partial charge in [0.2, 0.25) is 0 Å². The number of carbonyl (C=O) groups excluding carboxylic acids is 1. The second kappa shape index (κ2) is 5.46. The molecule has 0 spiro atoms. The standard InChI is InChI=1S/C14H11ClF2N2O/c1-7-4-12(17)13(6-11(7)16)19-14(20)9-5-8(18)2-3-10(9)15/h2-6H,18H2,1H3,(H,19,20). The molecule has 3 N–H and O–H groups in total. The molecule has 2 rings (SSSR count). The number of amides is 1. The highest BCUT2D eigenvalue weighted by Crippen LogP contribution is 2.23. The topological polar surface area (TPSA) is 55.1 Å². The van der Waals surface area contributed by atoms with Crippen molar-refractivity contribution in [2.24, 2.45) is 0 Å². The Bertz CT molecular complexity index is 689. The Hall–Kier alpha value is -2.14. The molecular weight excluding hydrogens is 286 g/mol. The van der Waals surface area contributed by atoms with Gasteiger partial charge in [0.25, 0.3) is 5.91 Å². The summed E-state index contributed by atoms with van der Waals surface area (Å²) in [5, 5.41) is 2.44. The van der Waals surface area contributed by atoms with E-state index >= 15 is 0 Å². The third-order valence-corrected chi connectivity index (χ3v) is 3.06. The number of nitrogens with one attached hydrogen (secondary N) is 1. The van der Waals surface area contributed by atoms with Crippen LogP contribution in [0.4, 0.5) is 20.2 Å². The molecule has 1 amide bonds. The number of hydrogen-bond donors (Lipinski definition) is 2. The number of aryl methyl sites for hydroxylation is 1.